The fourth-order valence-electron chi connectivity index (χ4n) is 1.31. The Bertz CT molecular complexity index is 564. The molecule has 0 bridgehead atoms. The number of rotatable bonds is 6. The van der Waals surface area contributed by atoms with E-state index in [1.807, 2.05) is 19.1 Å². The van der Waals surface area contributed by atoms with E-state index in [0.29, 0.717) is 12.4 Å². The average molecular weight is 340 g/mol. The van der Waals surface area contributed by atoms with Crippen LogP contribution < -0.4 is 20.7 Å². The van der Waals surface area contributed by atoms with Crippen molar-refractivity contribution in [1.29, 1.82) is 0 Å². The minimum atomic E-state index is 0.112. The average Bonchev–Trinajstić information content (AvgIpc) is 2.47. The van der Waals surface area contributed by atoms with Crippen LogP contribution in [0, 0.1) is 0 Å². The lowest BCUT2D eigenvalue weighted by molar-refractivity contribution is 0.285. The van der Waals surface area contributed by atoms with Crippen molar-refractivity contribution >= 4 is 21.9 Å². The number of anilines is 1. The van der Waals surface area contributed by atoms with Crippen LogP contribution in [-0.2, 0) is 0 Å². The number of nitrogens with zero attached hydrogens (tertiary/aromatic N) is 3. The number of nitrogens with one attached hydrogen (secondary N) is 1. The van der Waals surface area contributed by atoms with Gasteiger partial charge in [0.1, 0.15) is 5.75 Å². The SMILES string of the molecule is CCCOc1nc(NN)nc(Oc2ccc(Br)cc2)n1. The second-order valence-corrected chi connectivity index (χ2v) is 4.69. The molecule has 0 fully saturated rings. The fraction of sp³-hybridized carbons (Fsp3) is 0.250. The number of nitrogens with two attached hydrogens (primary N) is 1. The molecule has 7 nitrogen and oxygen atoms in total. The molecule has 0 saturated carbocycles. The first-order valence-corrected chi connectivity index (χ1v) is 6.79. The van der Waals surface area contributed by atoms with Gasteiger partial charge in [0, 0.05) is 4.47 Å². The number of hydrogen-bond donors (Lipinski definition) is 2. The molecule has 2 rings (SSSR count). The Kier molecular flexibility index (Phi) is 5.08. The summed E-state index contributed by atoms with van der Waals surface area (Å²) in [4.78, 5) is 12.0. The molecule has 0 atom stereocenters. The third kappa shape index (κ3) is 4.04. The van der Waals surface area contributed by atoms with Gasteiger partial charge in [0.15, 0.2) is 0 Å². The number of ether oxygens (including phenoxy) is 2. The van der Waals surface area contributed by atoms with Crippen LogP contribution in [-0.4, -0.2) is 21.6 Å². The highest BCUT2D eigenvalue weighted by molar-refractivity contribution is 9.10. The predicted octanol–water partition coefficient (Wildman–Crippen LogP) is 2.50. The molecule has 0 aliphatic rings. The van der Waals surface area contributed by atoms with Gasteiger partial charge in [-0.15, -0.1) is 4.98 Å². The first kappa shape index (κ1) is 14.5. The van der Waals surface area contributed by atoms with E-state index >= 15 is 0 Å². The highest BCUT2D eigenvalue weighted by Gasteiger charge is 2.09. The van der Waals surface area contributed by atoms with Crippen LogP contribution in [0.5, 0.6) is 17.8 Å². The zero-order valence-electron chi connectivity index (χ0n) is 10.8. The van der Waals surface area contributed by atoms with E-state index < -0.39 is 0 Å². The fourth-order valence-corrected chi connectivity index (χ4v) is 1.58. The Morgan fingerprint density at radius 2 is 1.85 bits per heavy atom. The van der Waals surface area contributed by atoms with E-state index in [-0.39, 0.29) is 18.0 Å². The Balaban J connectivity index is 2.19. The lowest BCUT2D eigenvalue weighted by Crippen LogP contribution is -2.13. The number of nitrogen functional groups attached to an aromatic ring is 1. The minimum Gasteiger partial charge on any atom is -0.463 e. The van der Waals surface area contributed by atoms with Gasteiger partial charge in [-0.2, -0.15) is 9.97 Å². The molecule has 20 heavy (non-hydrogen) atoms. The molecule has 1 heterocycles. The van der Waals surface area contributed by atoms with Gasteiger partial charge in [-0.3, -0.25) is 5.43 Å². The van der Waals surface area contributed by atoms with Crippen molar-refractivity contribution in [2.24, 2.45) is 5.84 Å². The number of hydrazine groups is 1. The van der Waals surface area contributed by atoms with Crippen molar-refractivity contribution in [3.63, 3.8) is 0 Å². The van der Waals surface area contributed by atoms with Gasteiger partial charge in [0.05, 0.1) is 6.61 Å². The molecule has 1 aromatic heterocycles. The van der Waals surface area contributed by atoms with Crippen LogP contribution >= 0.6 is 15.9 Å². The molecule has 0 aliphatic heterocycles. The first-order valence-electron chi connectivity index (χ1n) is 6.00. The van der Waals surface area contributed by atoms with E-state index in [1.54, 1.807) is 12.1 Å². The van der Waals surface area contributed by atoms with Gasteiger partial charge in [-0.1, -0.05) is 22.9 Å². The Morgan fingerprint density at radius 3 is 2.50 bits per heavy atom. The summed E-state index contributed by atoms with van der Waals surface area (Å²) in [5, 5.41) is 0. The molecule has 0 saturated heterocycles. The molecular formula is C12H14BrN5O2. The Labute approximate surface area is 124 Å². The van der Waals surface area contributed by atoms with Crippen molar-refractivity contribution in [2.75, 3.05) is 12.0 Å². The molecule has 3 N–H and O–H groups in total. The molecule has 0 unspecified atom stereocenters. The third-order valence-corrected chi connectivity index (χ3v) is 2.71. The van der Waals surface area contributed by atoms with Crippen LogP contribution in [0.2, 0.25) is 0 Å². The van der Waals surface area contributed by atoms with Crippen molar-refractivity contribution in [3.8, 4) is 17.8 Å². The molecule has 1 aromatic carbocycles. The van der Waals surface area contributed by atoms with E-state index in [4.69, 9.17) is 15.3 Å². The van der Waals surface area contributed by atoms with Gasteiger partial charge in [-0.05, 0) is 30.7 Å². The lowest BCUT2D eigenvalue weighted by atomic mass is 10.3. The molecular weight excluding hydrogens is 326 g/mol. The van der Waals surface area contributed by atoms with Crippen molar-refractivity contribution in [1.82, 2.24) is 15.0 Å². The number of benzene rings is 1. The predicted molar refractivity (Wildman–Crippen MR) is 77.6 cm³/mol. The maximum Gasteiger partial charge on any atom is 0.330 e. The van der Waals surface area contributed by atoms with Crippen LogP contribution in [0.15, 0.2) is 28.7 Å². The van der Waals surface area contributed by atoms with E-state index in [1.165, 1.54) is 0 Å². The molecule has 106 valence electrons. The van der Waals surface area contributed by atoms with E-state index in [9.17, 15) is 0 Å². The molecule has 0 radical (unpaired) electrons. The summed E-state index contributed by atoms with van der Waals surface area (Å²) in [5.41, 5.74) is 2.35. The summed E-state index contributed by atoms with van der Waals surface area (Å²) in [7, 11) is 0. The maximum absolute atomic E-state index is 5.54. The first-order chi connectivity index (χ1) is 9.71. The Morgan fingerprint density at radius 1 is 1.15 bits per heavy atom. The summed E-state index contributed by atoms with van der Waals surface area (Å²) < 4.78 is 11.8. The number of aromatic nitrogens is 3. The zero-order chi connectivity index (χ0) is 14.4. The highest BCUT2D eigenvalue weighted by atomic mass is 79.9. The summed E-state index contributed by atoms with van der Waals surface area (Å²) in [6.07, 6.45) is 0.847. The number of halogens is 1. The highest BCUT2D eigenvalue weighted by Crippen LogP contribution is 2.22. The summed E-state index contributed by atoms with van der Waals surface area (Å²) >= 11 is 3.35. The van der Waals surface area contributed by atoms with Crippen molar-refractivity contribution < 1.29 is 9.47 Å². The normalized spacial score (nSPS) is 10.2. The monoisotopic (exact) mass is 339 g/mol. The summed E-state index contributed by atoms with van der Waals surface area (Å²) in [6, 6.07) is 7.56. The van der Waals surface area contributed by atoms with Crippen LogP contribution in [0.4, 0.5) is 5.95 Å². The third-order valence-electron chi connectivity index (χ3n) is 2.18. The molecule has 8 heteroatoms. The summed E-state index contributed by atoms with van der Waals surface area (Å²) in [6.45, 7) is 2.49. The van der Waals surface area contributed by atoms with Crippen LogP contribution in [0.25, 0.3) is 0 Å². The quantitative estimate of drug-likeness (QED) is 0.616. The molecule has 0 aliphatic carbocycles. The largest absolute Gasteiger partial charge is 0.463 e. The standard InChI is InChI=1S/C12H14BrN5O2/c1-2-7-19-11-15-10(18-14)16-12(17-11)20-9-5-3-8(13)4-6-9/h3-6H,2,7,14H2,1H3,(H,15,16,17,18). The molecule has 0 amide bonds. The van der Waals surface area contributed by atoms with Gasteiger partial charge >= 0.3 is 12.0 Å². The second-order valence-electron chi connectivity index (χ2n) is 3.77. The minimum absolute atomic E-state index is 0.112. The van der Waals surface area contributed by atoms with Crippen LogP contribution in [0.3, 0.4) is 0 Å². The van der Waals surface area contributed by atoms with Crippen molar-refractivity contribution in [2.45, 2.75) is 13.3 Å². The van der Waals surface area contributed by atoms with Gasteiger partial charge < -0.3 is 9.47 Å². The van der Waals surface area contributed by atoms with Gasteiger partial charge in [-0.25, -0.2) is 5.84 Å². The smallest absolute Gasteiger partial charge is 0.330 e. The molecule has 2 aromatic rings. The zero-order valence-corrected chi connectivity index (χ0v) is 12.4. The Hall–Kier alpha value is -1.93. The number of hydrogen-bond acceptors (Lipinski definition) is 7. The molecule has 0 spiro atoms. The van der Waals surface area contributed by atoms with E-state index in [0.717, 1.165) is 10.9 Å². The van der Waals surface area contributed by atoms with Gasteiger partial charge in [0.25, 0.3) is 0 Å². The van der Waals surface area contributed by atoms with Gasteiger partial charge in [0.2, 0.25) is 5.95 Å². The lowest BCUT2D eigenvalue weighted by Gasteiger charge is -2.08. The van der Waals surface area contributed by atoms with Crippen LogP contribution in [0.1, 0.15) is 13.3 Å². The maximum atomic E-state index is 5.54. The second kappa shape index (κ2) is 7.01. The topological polar surface area (TPSA) is 95.2 Å². The van der Waals surface area contributed by atoms with Crippen molar-refractivity contribution in [3.05, 3.63) is 28.7 Å². The summed E-state index contributed by atoms with van der Waals surface area (Å²) in [5.74, 6) is 6.09. The van der Waals surface area contributed by atoms with E-state index in [2.05, 4.69) is 36.3 Å².